The summed E-state index contributed by atoms with van der Waals surface area (Å²) in [5, 5.41) is 4.33. The molecule has 1 N–H and O–H groups in total. The van der Waals surface area contributed by atoms with E-state index in [1.807, 2.05) is 31.4 Å². The van der Waals surface area contributed by atoms with E-state index < -0.39 is 0 Å². The number of nitrogens with one attached hydrogen (secondary N) is 1. The molecule has 3 nitrogen and oxygen atoms in total. The first-order valence-corrected chi connectivity index (χ1v) is 7.85. The molecule has 0 saturated heterocycles. The molecule has 0 aliphatic heterocycles. The second kappa shape index (κ2) is 8.13. The van der Waals surface area contributed by atoms with E-state index in [9.17, 15) is 0 Å². The lowest BCUT2D eigenvalue weighted by Crippen LogP contribution is -2.16. The predicted molar refractivity (Wildman–Crippen MR) is 95.2 cm³/mol. The van der Waals surface area contributed by atoms with Gasteiger partial charge in [-0.1, -0.05) is 42.5 Å². The van der Waals surface area contributed by atoms with Crippen LogP contribution in [-0.2, 0) is 0 Å². The highest BCUT2D eigenvalue weighted by molar-refractivity contribution is 7.13. The third-order valence-corrected chi connectivity index (χ3v) is 4.27. The molecule has 116 valence electrons. The maximum Gasteiger partial charge on any atom is 0.139 e. The number of halogens is 1. The fourth-order valence-electron chi connectivity index (χ4n) is 2.35. The first-order chi connectivity index (χ1) is 10.4. The molecule has 0 unspecified atom stereocenters. The zero-order valence-corrected chi connectivity index (χ0v) is 14.0. The van der Waals surface area contributed by atoms with Crippen molar-refractivity contribution in [2.75, 3.05) is 13.6 Å². The molecule has 3 rings (SSSR count). The first-order valence-electron chi connectivity index (χ1n) is 7.08. The Kier molecular flexibility index (Phi) is 6.19. The van der Waals surface area contributed by atoms with E-state index >= 15 is 0 Å². The maximum absolute atomic E-state index is 6.30. The van der Waals surface area contributed by atoms with Crippen molar-refractivity contribution in [1.29, 1.82) is 0 Å². The fraction of sp³-hybridized carbons (Fsp3) is 0.235. The van der Waals surface area contributed by atoms with Crippen molar-refractivity contribution in [3.05, 3.63) is 60.3 Å². The number of benzene rings is 2. The van der Waals surface area contributed by atoms with Crippen LogP contribution in [0.15, 0.2) is 54.7 Å². The van der Waals surface area contributed by atoms with Crippen LogP contribution in [0.4, 0.5) is 0 Å². The van der Waals surface area contributed by atoms with Gasteiger partial charge in [0, 0.05) is 18.0 Å². The van der Waals surface area contributed by atoms with Gasteiger partial charge in [0.15, 0.2) is 0 Å². The van der Waals surface area contributed by atoms with E-state index in [2.05, 4.69) is 40.0 Å². The molecule has 1 aromatic heterocycles. The average molecular weight is 335 g/mol. The van der Waals surface area contributed by atoms with Crippen LogP contribution >= 0.6 is 23.9 Å². The van der Waals surface area contributed by atoms with Gasteiger partial charge in [-0.05, 0) is 36.8 Å². The summed E-state index contributed by atoms with van der Waals surface area (Å²) < 4.78 is 11.7. The van der Waals surface area contributed by atoms with Gasteiger partial charge < -0.3 is 10.1 Å². The standard InChI is InChI=1S/C17H18N2OS.ClH/c1-18-11-10-15(13-6-3-2-4-7-13)20-16-9-5-8-14-12-19-21-17(14)16;/h2-9,12,15,18H,10-11H2,1H3;1H/t15-;/m1./s1. The highest BCUT2D eigenvalue weighted by Crippen LogP contribution is 2.33. The van der Waals surface area contributed by atoms with Gasteiger partial charge in [0.25, 0.3) is 0 Å². The molecule has 22 heavy (non-hydrogen) atoms. The molecule has 0 radical (unpaired) electrons. The smallest absolute Gasteiger partial charge is 0.139 e. The number of aromatic nitrogens is 1. The zero-order valence-electron chi connectivity index (χ0n) is 12.4. The van der Waals surface area contributed by atoms with E-state index in [-0.39, 0.29) is 18.5 Å². The Bertz CT molecular complexity index is 702. The van der Waals surface area contributed by atoms with Gasteiger partial charge in [-0.25, -0.2) is 0 Å². The summed E-state index contributed by atoms with van der Waals surface area (Å²) in [4.78, 5) is 0. The molecule has 0 spiro atoms. The van der Waals surface area contributed by atoms with Crippen molar-refractivity contribution in [2.24, 2.45) is 0 Å². The molecular weight excluding hydrogens is 316 g/mol. The van der Waals surface area contributed by atoms with Crippen molar-refractivity contribution in [2.45, 2.75) is 12.5 Å². The monoisotopic (exact) mass is 334 g/mol. The summed E-state index contributed by atoms with van der Waals surface area (Å²) in [5.74, 6) is 0.917. The normalized spacial score (nSPS) is 11.9. The molecule has 0 saturated carbocycles. The summed E-state index contributed by atoms with van der Waals surface area (Å²) >= 11 is 1.48. The van der Waals surface area contributed by atoms with Gasteiger partial charge in [-0.15, -0.1) is 12.4 Å². The average Bonchev–Trinajstić information content (AvgIpc) is 3.01. The number of fused-ring (bicyclic) bond motifs is 1. The van der Waals surface area contributed by atoms with Gasteiger partial charge in [-0.3, -0.25) is 0 Å². The first kappa shape index (κ1) is 16.7. The minimum Gasteiger partial charge on any atom is -0.484 e. The minimum atomic E-state index is 0. The molecule has 0 bridgehead atoms. The number of ether oxygens (including phenoxy) is 1. The number of hydrogen-bond donors (Lipinski definition) is 1. The van der Waals surface area contributed by atoms with Gasteiger partial charge in [0.2, 0.25) is 0 Å². The maximum atomic E-state index is 6.30. The second-order valence-electron chi connectivity index (χ2n) is 4.91. The molecule has 2 aromatic carbocycles. The van der Waals surface area contributed by atoms with Gasteiger partial charge in [0.1, 0.15) is 11.9 Å². The van der Waals surface area contributed by atoms with Crippen molar-refractivity contribution in [3.8, 4) is 5.75 Å². The van der Waals surface area contributed by atoms with Crippen LogP contribution in [0.1, 0.15) is 18.1 Å². The van der Waals surface area contributed by atoms with Crippen LogP contribution in [0.25, 0.3) is 10.1 Å². The Morgan fingerprint density at radius 1 is 1.14 bits per heavy atom. The van der Waals surface area contributed by atoms with Crippen LogP contribution in [0, 0.1) is 0 Å². The van der Waals surface area contributed by atoms with Crippen molar-refractivity contribution in [1.82, 2.24) is 9.69 Å². The third-order valence-electron chi connectivity index (χ3n) is 3.44. The molecule has 0 aliphatic rings. The number of nitrogens with zero attached hydrogens (tertiary/aromatic N) is 1. The molecule has 1 atom stereocenters. The predicted octanol–water partition coefficient (Wildman–Crippen LogP) is 4.45. The highest BCUT2D eigenvalue weighted by atomic mass is 35.5. The van der Waals surface area contributed by atoms with Gasteiger partial charge in [0.05, 0.1) is 4.70 Å². The highest BCUT2D eigenvalue weighted by Gasteiger charge is 2.15. The van der Waals surface area contributed by atoms with Crippen LogP contribution in [0.2, 0.25) is 0 Å². The number of hydrogen-bond acceptors (Lipinski definition) is 4. The summed E-state index contributed by atoms with van der Waals surface area (Å²) in [6, 6.07) is 16.5. The Balaban J connectivity index is 0.00000176. The van der Waals surface area contributed by atoms with E-state index in [0.29, 0.717) is 0 Å². The Labute approximate surface area is 140 Å². The van der Waals surface area contributed by atoms with Crippen LogP contribution in [-0.4, -0.2) is 18.0 Å². The second-order valence-corrected chi connectivity index (χ2v) is 5.71. The summed E-state index contributed by atoms with van der Waals surface area (Å²) in [6.07, 6.45) is 2.86. The van der Waals surface area contributed by atoms with Crippen LogP contribution in [0.5, 0.6) is 5.75 Å². The van der Waals surface area contributed by atoms with Crippen molar-refractivity contribution >= 4 is 34.0 Å². The Morgan fingerprint density at radius 2 is 1.95 bits per heavy atom. The van der Waals surface area contributed by atoms with E-state index in [4.69, 9.17) is 4.74 Å². The minimum absolute atomic E-state index is 0. The Hall–Kier alpha value is -1.62. The SMILES string of the molecule is CNCC[C@@H](Oc1cccc2cnsc12)c1ccccc1.Cl. The van der Waals surface area contributed by atoms with Gasteiger partial charge >= 0.3 is 0 Å². The summed E-state index contributed by atoms with van der Waals surface area (Å²) in [5.41, 5.74) is 1.20. The fourth-order valence-corrected chi connectivity index (χ4v) is 3.05. The number of rotatable bonds is 6. The van der Waals surface area contributed by atoms with Crippen molar-refractivity contribution in [3.63, 3.8) is 0 Å². The van der Waals surface area contributed by atoms with Crippen LogP contribution < -0.4 is 10.1 Å². The molecule has 0 fully saturated rings. The molecule has 0 aliphatic carbocycles. The third kappa shape index (κ3) is 3.77. The molecule has 0 amide bonds. The molecular formula is C17H19ClN2OS. The van der Waals surface area contributed by atoms with E-state index in [1.54, 1.807) is 0 Å². The quantitative estimate of drug-likeness (QED) is 0.723. The molecule has 1 heterocycles. The lowest BCUT2D eigenvalue weighted by molar-refractivity contribution is 0.198. The topological polar surface area (TPSA) is 34.1 Å². The van der Waals surface area contributed by atoms with E-state index in [1.165, 1.54) is 17.1 Å². The van der Waals surface area contributed by atoms with Crippen LogP contribution in [0.3, 0.4) is 0 Å². The Morgan fingerprint density at radius 3 is 2.73 bits per heavy atom. The van der Waals surface area contributed by atoms with Crippen molar-refractivity contribution < 1.29 is 4.74 Å². The van der Waals surface area contributed by atoms with E-state index in [0.717, 1.165) is 28.8 Å². The molecule has 5 heteroatoms. The summed E-state index contributed by atoms with van der Waals surface area (Å²) in [6.45, 7) is 0.915. The lowest BCUT2D eigenvalue weighted by Gasteiger charge is -2.20. The molecule has 3 aromatic rings. The van der Waals surface area contributed by atoms with Gasteiger partial charge in [-0.2, -0.15) is 4.37 Å². The zero-order chi connectivity index (χ0) is 14.5. The lowest BCUT2D eigenvalue weighted by atomic mass is 10.1. The summed E-state index contributed by atoms with van der Waals surface area (Å²) in [7, 11) is 1.96. The largest absolute Gasteiger partial charge is 0.484 e.